The number of aliphatic hydroxyl groups is 1. The molecule has 0 spiro atoms. The monoisotopic (exact) mass is 563 g/mol. The molecule has 0 amide bonds. The molecular weight excluding hydrogens is 523 g/mol. The standard InChI is InChI=1S/C30H40F3N3O4/c1-27(38)12-13-29(17-39-3)18(15-27)4-6-20-21-7-8-23(28(21,2)11-10-22(20)29)26(37)16-36-25-9-5-19(40-30(31,32)33)14-24(25)34-35-36/h5,9,14,18,20-23,38H,4,6-8,10-13,15-17H2,1-3H3/t18-,20?,21-,22-,23+,27+,28-,29+/m0/s1. The molecule has 10 heteroatoms. The van der Waals surface area contributed by atoms with Gasteiger partial charge < -0.3 is 14.6 Å². The van der Waals surface area contributed by atoms with Gasteiger partial charge in [-0.1, -0.05) is 12.1 Å². The third kappa shape index (κ3) is 4.63. The summed E-state index contributed by atoms with van der Waals surface area (Å²) in [7, 11) is 1.80. The minimum Gasteiger partial charge on any atom is -0.406 e. The molecule has 2 aromatic rings. The fourth-order valence-corrected chi connectivity index (χ4v) is 9.84. The molecule has 0 aliphatic heterocycles. The number of alkyl halides is 3. The highest BCUT2D eigenvalue weighted by Crippen LogP contribution is 2.68. The average molecular weight is 564 g/mol. The Morgan fingerprint density at radius 2 is 1.90 bits per heavy atom. The van der Waals surface area contributed by atoms with Gasteiger partial charge in [-0.2, -0.15) is 0 Å². The Morgan fingerprint density at radius 3 is 2.65 bits per heavy atom. The Labute approximate surface area is 232 Å². The van der Waals surface area contributed by atoms with Crippen LogP contribution in [0.25, 0.3) is 11.0 Å². The molecule has 0 radical (unpaired) electrons. The molecule has 0 saturated heterocycles. The molecule has 8 atom stereocenters. The molecule has 220 valence electrons. The van der Waals surface area contributed by atoms with Gasteiger partial charge in [0.05, 0.1) is 17.7 Å². The third-order valence-electron chi connectivity index (χ3n) is 11.5. The van der Waals surface area contributed by atoms with Crippen molar-refractivity contribution in [3.05, 3.63) is 18.2 Å². The number of hydrogen-bond donors (Lipinski definition) is 1. The number of halogens is 3. The number of nitrogens with zero attached hydrogens (tertiary/aromatic N) is 3. The first-order chi connectivity index (χ1) is 18.9. The van der Waals surface area contributed by atoms with Crippen LogP contribution in [0.15, 0.2) is 18.2 Å². The van der Waals surface area contributed by atoms with E-state index in [1.54, 1.807) is 7.11 Å². The van der Waals surface area contributed by atoms with E-state index in [1.165, 1.54) is 22.9 Å². The number of hydrogen-bond acceptors (Lipinski definition) is 6. The van der Waals surface area contributed by atoms with Gasteiger partial charge in [0.25, 0.3) is 0 Å². The normalized spacial score (nSPS) is 39.4. The Balaban J connectivity index is 1.20. The van der Waals surface area contributed by atoms with Crippen LogP contribution < -0.4 is 4.74 Å². The van der Waals surface area contributed by atoms with Crippen LogP contribution in [0.4, 0.5) is 13.2 Å². The van der Waals surface area contributed by atoms with Crippen LogP contribution >= 0.6 is 0 Å². The minimum absolute atomic E-state index is 0.0574. The van der Waals surface area contributed by atoms with E-state index < -0.39 is 12.0 Å². The second kappa shape index (κ2) is 9.68. The molecule has 6 rings (SSSR count). The highest BCUT2D eigenvalue weighted by molar-refractivity contribution is 5.84. The summed E-state index contributed by atoms with van der Waals surface area (Å²) in [5.41, 5.74) is 0.208. The Kier molecular flexibility index (Phi) is 6.76. The summed E-state index contributed by atoms with van der Waals surface area (Å²) in [5, 5.41) is 19.0. The Hall–Kier alpha value is -2.20. The number of fused-ring (bicyclic) bond motifs is 6. The first-order valence-electron chi connectivity index (χ1n) is 14.7. The molecule has 4 fully saturated rings. The van der Waals surface area contributed by atoms with Crippen molar-refractivity contribution in [2.24, 2.45) is 40.4 Å². The number of carbonyl (C=O) groups is 1. The predicted octanol–water partition coefficient (Wildman–Crippen LogP) is 5.94. The molecular formula is C30H40F3N3O4. The van der Waals surface area contributed by atoms with E-state index in [9.17, 15) is 23.1 Å². The van der Waals surface area contributed by atoms with Crippen molar-refractivity contribution in [3.8, 4) is 5.75 Å². The van der Waals surface area contributed by atoms with Crippen LogP contribution in [0.1, 0.15) is 71.6 Å². The number of ether oxygens (including phenoxy) is 2. The number of ketones is 1. The van der Waals surface area contributed by atoms with Gasteiger partial charge >= 0.3 is 6.36 Å². The Morgan fingerprint density at radius 1 is 1.10 bits per heavy atom. The summed E-state index contributed by atoms with van der Waals surface area (Å²) in [6, 6.07) is 3.90. The van der Waals surface area contributed by atoms with Crippen molar-refractivity contribution in [3.63, 3.8) is 0 Å². The van der Waals surface area contributed by atoms with E-state index in [2.05, 4.69) is 22.0 Å². The molecule has 4 aliphatic carbocycles. The van der Waals surface area contributed by atoms with Crippen LogP contribution in [0.3, 0.4) is 0 Å². The highest BCUT2D eigenvalue weighted by atomic mass is 19.4. The summed E-state index contributed by atoms with van der Waals surface area (Å²) < 4.78 is 49.2. The van der Waals surface area contributed by atoms with Gasteiger partial charge in [-0.15, -0.1) is 18.3 Å². The van der Waals surface area contributed by atoms with Gasteiger partial charge in [-0.05, 0) is 111 Å². The summed E-state index contributed by atoms with van der Waals surface area (Å²) >= 11 is 0. The van der Waals surface area contributed by atoms with Gasteiger partial charge in [0.1, 0.15) is 17.8 Å². The smallest absolute Gasteiger partial charge is 0.406 e. The fourth-order valence-electron chi connectivity index (χ4n) is 9.84. The minimum atomic E-state index is -4.79. The van der Waals surface area contributed by atoms with E-state index in [0.29, 0.717) is 29.2 Å². The van der Waals surface area contributed by atoms with Crippen LogP contribution in [0.2, 0.25) is 0 Å². The lowest BCUT2D eigenvalue weighted by Crippen LogP contribution is -2.58. The third-order valence-corrected chi connectivity index (χ3v) is 11.5. The molecule has 7 nitrogen and oxygen atoms in total. The van der Waals surface area contributed by atoms with Crippen LogP contribution in [-0.4, -0.2) is 51.6 Å². The van der Waals surface area contributed by atoms with Crippen molar-refractivity contribution in [2.45, 2.75) is 90.1 Å². The summed E-state index contributed by atoms with van der Waals surface area (Å²) in [6.07, 6.45) is 4.10. The molecule has 1 N–H and O–H groups in total. The van der Waals surface area contributed by atoms with E-state index in [4.69, 9.17) is 4.74 Å². The first-order valence-corrected chi connectivity index (χ1v) is 14.7. The molecule has 4 saturated carbocycles. The number of rotatable bonds is 6. The summed E-state index contributed by atoms with van der Waals surface area (Å²) in [4.78, 5) is 13.8. The Bertz CT molecular complexity index is 1280. The molecule has 1 unspecified atom stereocenters. The zero-order valence-electron chi connectivity index (χ0n) is 23.5. The van der Waals surface area contributed by atoms with E-state index >= 15 is 0 Å². The van der Waals surface area contributed by atoms with E-state index in [0.717, 1.165) is 64.4 Å². The number of benzene rings is 1. The lowest BCUT2D eigenvalue weighted by molar-refractivity contribution is -0.274. The number of aromatic nitrogens is 3. The maximum atomic E-state index is 13.8. The molecule has 1 aromatic carbocycles. The number of Topliss-reactive ketones (excluding diaryl/α,β-unsaturated/α-hetero) is 1. The fraction of sp³-hybridized carbons (Fsp3) is 0.767. The van der Waals surface area contributed by atoms with E-state index in [1.807, 2.05) is 6.92 Å². The van der Waals surface area contributed by atoms with Gasteiger partial charge in [0, 0.05) is 19.1 Å². The molecule has 0 bridgehead atoms. The lowest BCUT2D eigenvalue weighted by atomic mass is 9.43. The van der Waals surface area contributed by atoms with E-state index in [-0.39, 0.29) is 40.3 Å². The van der Waals surface area contributed by atoms with Crippen molar-refractivity contribution in [1.29, 1.82) is 0 Å². The molecule has 1 heterocycles. The van der Waals surface area contributed by atoms with Crippen LogP contribution in [0.5, 0.6) is 5.75 Å². The van der Waals surface area contributed by atoms with Gasteiger partial charge in [-0.25, -0.2) is 4.68 Å². The summed E-state index contributed by atoms with van der Waals surface area (Å²) in [5.74, 6) is 1.76. The summed E-state index contributed by atoms with van der Waals surface area (Å²) in [6.45, 7) is 5.09. The van der Waals surface area contributed by atoms with Crippen LogP contribution in [0, 0.1) is 40.4 Å². The molecule has 1 aromatic heterocycles. The average Bonchev–Trinajstić information content (AvgIpc) is 3.43. The topological polar surface area (TPSA) is 86.5 Å². The SMILES string of the molecule is COC[C@]12CC[C@@](C)(O)C[C@@H]1CCC1[C@@H]3CC[C@H](C(=O)Cn4nnc5cc(OC(F)(F)F)ccc54)[C@@]3(C)CC[C@@H]12. The molecule has 40 heavy (non-hydrogen) atoms. The maximum absolute atomic E-state index is 13.8. The largest absolute Gasteiger partial charge is 0.573 e. The van der Waals surface area contributed by atoms with Crippen molar-refractivity contribution >= 4 is 16.8 Å². The maximum Gasteiger partial charge on any atom is 0.573 e. The van der Waals surface area contributed by atoms with Gasteiger partial charge in [-0.3, -0.25) is 4.79 Å². The van der Waals surface area contributed by atoms with Crippen molar-refractivity contribution in [1.82, 2.24) is 15.0 Å². The second-order valence-corrected chi connectivity index (χ2v) is 13.6. The van der Waals surface area contributed by atoms with Crippen molar-refractivity contribution < 1.29 is 32.5 Å². The van der Waals surface area contributed by atoms with Crippen LogP contribution in [-0.2, 0) is 16.1 Å². The van der Waals surface area contributed by atoms with Gasteiger partial charge in [0.2, 0.25) is 0 Å². The number of carbonyl (C=O) groups excluding carboxylic acids is 1. The zero-order chi connectivity index (χ0) is 28.5. The highest BCUT2D eigenvalue weighted by Gasteiger charge is 2.63. The van der Waals surface area contributed by atoms with Gasteiger partial charge in [0.15, 0.2) is 5.78 Å². The zero-order valence-corrected chi connectivity index (χ0v) is 23.5. The lowest BCUT2D eigenvalue weighted by Gasteiger charge is -2.62. The molecule has 4 aliphatic rings. The predicted molar refractivity (Wildman–Crippen MR) is 141 cm³/mol. The number of methoxy groups -OCH3 is 1. The first kappa shape index (κ1) is 27.9. The van der Waals surface area contributed by atoms with Crippen molar-refractivity contribution in [2.75, 3.05) is 13.7 Å². The second-order valence-electron chi connectivity index (χ2n) is 13.6. The quantitative estimate of drug-likeness (QED) is 0.469.